The van der Waals surface area contributed by atoms with Crippen LogP contribution in [0.15, 0.2) is 30.3 Å². The minimum atomic E-state index is -0.430. The summed E-state index contributed by atoms with van der Waals surface area (Å²) in [5, 5.41) is 14.8. The van der Waals surface area contributed by atoms with Gasteiger partial charge in [0, 0.05) is 25.7 Å². The molecule has 134 valence electrons. The number of rotatable bonds is 3. The van der Waals surface area contributed by atoms with Gasteiger partial charge in [-0.3, -0.25) is 9.58 Å². The largest absolute Gasteiger partial charge is 0.387 e. The molecule has 0 radical (unpaired) electrons. The molecule has 25 heavy (non-hydrogen) atoms. The second kappa shape index (κ2) is 7.30. The zero-order chi connectivity index (χ0) is 17.2. The van der Waals surface area contributed by atoms with Crippen molar-refractivity contribution in [3.8, 4) is 0 Å². The van der Waals surface area contributed by atoms with Crippen LogP contribution in [0.2, 0.25) is 0 Å². The van der Waals surface area contributed by atoms with Crippen LogP contribution in [0.5, 0.6) is 0 Å². The fourth-order valence-electron chi connectivity index (χ4n) is 4.39. The molecule has 4 heteroatoms. The van der Waals surface area contributed by atoms with Crippen molar-refractivity contribution in [2.45, 2.75) is 70.7 Å². The molecule has 1 aromatic carbocycles. The molecule has 1 atom stereocenters. The van der Waals surface area contributed by atoms with E-state index >= 15 is 0 Å². The number of benzene rings is 1. The Morgan fingerprint density at radius 1 is 1.16 bits per heavy atom. The molecule has 1 N–H and O–H groups in total. The number of aliphatic hydroxyl groups excluding tert-OH is 1. The van der Waals surface area contributed by atoms with Crippen LogP contribution in [0.3, 0.4) is 0 Å². The lowest BCUT2D eigenvalue weighted by atomic mass is 10.0. The van der Waals surface area contributed by atoms with Gasteiger partial charge in [-0.25, -0.2) is 0 Å². The van der Waals surface area contributed by atoms with E-state index in [-0.39, 0.29) is 0 Å². The molecule has 2 heterocycles. The Hall–Kier alpha value is -1.65. The van der Waals surface area contributed by atoms with Crippen LogP contribution < -0.4 is 0 Å². The highest BCUT2D eigenvalue weighted by Gasteiger charge is 2.26. The van der Waals surface area contributed by atoms with Crippen molar-refractivity contribution in [2.24, 2.45) is 0 Å². The predicted octanol–water partition coefficient (Wildman–Crippen LogP) is 3.48. The molecule has 1 aromatic heterocycles. The Bertz CT molecular complexity index is 697. The van der Waals surface area contributed by atoms with Crippen LogP contribution in [0.25, 0.3) is 0 Å². The first kappa shape index (κ1) is 16.8. The highest BCUT2D eigenvalue weighted by Crippen LogP contribution is 2.27. The third kappa shape index (κ3) is 3.51. The van der Waals surface area contributed by atoms with Crippen molar-refractivity contribution in [1.29, 1.82) is 0 Å². The Morgan fingerprint density at radius 2 is 1.88 bits per heavy atom. The van der Waals surface area contributed by atoms with Gasteiger partial charge in [-0.1, -0.05) is 31.2 Å². The SMILES string of the molecule is CC[C@@H](O)c1cc2n(n1)CCCN(C1CCc3ccccc3CC1)C2. The van der Waals surface area contributed by atoms with Crippen molar-refractivity contribution in [3.05, 3.63) is 52.8 Å². The summed E-state index contributed by atoms with van der Waals surface area (Å²) >= 11 is 0. The van der Waals surface area contributed by atoms with Gasteiger partial charge in [0.05, 0.1) is 17.5 Å². The number of aliphatic hydroxyl groups is 1. The van der Waals surface area contributed by atoms with E-state index in [9.17, 15) is 5.11 Å². The summed E-state index contributed by atoms with van der Waals surface area (Å²) in [6, 6.07) is 11.7. The maximum atomic E-state index is 10.1. The maximum Gasteiger partial charge on any atom is 0.0975 e. The Balaban J connectivity index is 1.49. The van der Waals surface area contributed by atoms with Crippen molar-refractivity contribution in [1.82, 2.24) is 14.7 Å². The Kier molecular flexibility index (Phi) is 4.91. The second-order valence-corrected chi connectivity index (χ2v) is 7.53. The zero-order valence-corrected chi connectivity index (χ0v) is 15.2. The lowest BCUT2D eigenvalue weighted by Crippen LogP contribution is -2.35. The van der Waals surface area contributed by atoms with E-state index in [1.807, 2.05) is 6.92 Å². The van der Waals surface area contributed by atoms with Gasteiger partial charge in [0.15, 0.2) is 0 Å². The topological polar surface area (TPSA) is 41.3 Å². The van der Waals surface area contributed by atoms with Gasteiger partial charge in [-0.2, -0.15) is 5.10 Å². The summed E-state index contributed by atoms with van der Waals surface area (Å²) in [4.78, 5) is 2.66. The monoisotopic (exact) mass is 339 g/mol. The average molecular weight is 339 g/mol. The van der Waals surface area contributed by atoms with E-state index in [0.29, 0.717) is 6.04 Å². The quantitative estimate of drug-likeness (QED) is 0.871. The summed E-state index contributed by atoms with van der Waals surface area (Å²) in [5.41, 5.74) is 5.19. The first-order chi connectivity index (χ1) is 12.2. The molecule has 1 aliphatic heterocycles. The molecule has 0 fully saturated rings. The molecule has 0 bridgehead atoms. The summed E-state index contributed by atoms with van der Waals surface area (Å²) in [5.74, 6) is 0. The maximum absolute atomic E-state index is 10.1. The summed E-state index contributed by atoms with van der Waals surface area (Å²) < 4.78 is 2.12. The van der Waals surface area contributed by atoms with Crippen molar-refractivity contribution >= 4 is 0 Å². The third-order valence-corrected chi connectivity index (χ3v) is 5.92. The lowest BCUT2D eigenvalue weighted by molar-refractivity contribution is 0.166. The predicted molar refractivity (Wildman–Crippen MR) is 99.4 cm³/mol. The van der Waals surface area contributed by atoms with Gasteiger partial charge in [0.2, 0.25) is 0 Å². The molecule has 0 spiro atoms. The second-order valence-electron chi connectivity index (χ2n) is 7.53. The Morgan fingerprint density at radius 3 is 2.56 bits per heavy atom. The van der Waals surface area contributed by atoms with Gasteiger partial charge in [0.25, 0.3) is 0 Å². The van der Waals surface area contributed by atoms with E-state index in [1.165, 1.54) is 31.4 Å². The van der Waals surface area contributed by atoms with Crippen LogP contribution in [0, 0.1) is 0 Å². The summed E-state index contributed by atoms with van der Waals surface area (Å²) in [7, 11) is 0. The fourth-order valence-corrected chi connectivity index (χ4v) is 4.39. The molecule has 2 aromatic rings. The van der Waals surface area contributed by atoms with Crippen LogP contribution in [-0.2, 0) is 25.9 Å². The van der Waals surface area contributed by atoms with Gasteiger partial charge in [-0.15, -0.1) is 0 Å². The molecule has 4 rings (SSSR count). The number of hydrogen-bond donors (Lipinski definition) is 1. The van der Waals surface area contributed by atoms with Crippen LogP contribution in [0.4, 0.5) is 0 Å². The molecule has 0 unspecified atom stereocenters. The smallest absolute Gasteiger partial charge is 0.0975 e. The first-order valence-electron chi connectivity index (χ1n) is 9.80. The highest BCUT2D eigenvalue weighted by molar-refractivity contribution is 5.28. The fraction of sp³-hybridized carbons (Fsp3) is 0.571. The van der Waals surface area contributed by atoms with E-state index in [4.69, 9.17) is 0 Å². The van der Waals surface area contributed by atoms with Gasteiger partial charge < -0.3 is 5.11 Å². The minimum Gasteiger partial charge on any atom is -0.387 e. The molecule has 2 aliphatic rings. The van der Waals surface area contributed by atoms with E-state index in [1.54, 1.807) is 11.1 Å². The van der Waals surface area contributed by atoms with Gasteiger partial charge in [0.1, 0.15) is 0 Å². The first-order valence-corrected chi connectivity index (χ1v) is 9.80. The lowest BCUT2D eigenvalue weighted by Gasteiger charge is -2.29. The molecular formula is C21H29N3O. The normalized spacial score (nSPS) is 20.4. The molecule has 0 saturated heterocycles. The van der Waals surface area contributed by atoms with Crippen molar-refractivity contribution in [2.75, 3.05) is 6.54 Å². The molecular weight excluding hydrogens is 310 g/mol. The third-order valence-electron chi connectivity index (χ3n) is 5.92. The number of nitrogens with zero attached hydrogens (tertiary/aromatic N) is 3. The van der Waals surface area contributed by atoms with Crippen LogP contribution in [0.1, 0.15) is 61.2 Å². The molecule has 0 saturated carbocycles. The number of hydrogen-bond acceptors (Lipinski definition) is 3. The number of aryl methyl sites for hydroxylation is 3. The van der Waals surface area contributed by atoms with Gasteiger partial charge in [-0.05, 0) is 55.7 Å². The van der Waals surface area contributed by atoms with E-state index < -0.39 is 6.10 Å². The minimum absolute atomic E-state index is 0.430. The van der Waals surface area contributed by atoms with Crippen molar-refractivity contribution in [3.63, 3.8) is 0 Å². The number of fused-ring (bicyclic) bond motifs is 2. The van der Waals surface area contributed by atoms with Gasteiger partial charge >= 0.3 is 0 Å². The number of aromatic nitrogens is 2. The highest BCUT2D eigenvalue weighted by atomic mass is 16.3. The summed E-state index contributed by atoms with van der Waals surface area (Å²) in [6.07, 6.45) is 6.30. The van der Waals surface area contributed by atoms with Crippen LogP contribution in [-0.4, -0.2) is 32.4 Å². The molecule has 0 amide bonds. The standard InChI is InChI=1S/C21H29N3O/c1-2-21(25)20-14-19-15-23(12-5-13-24(19)22-20)18-10-8-16-6-3-4-7-17(16)9-11-18/h3-4,6-7,14,18,21,25H,2,5,8-13,15H2,1H3/t21-/m1/s1. The van der Waals surface area contributed by atoms with E-state index in [2.05, 4.69) is 45.0 Å². The van der Waals surface area contributed by atoms with Crippen LogP contribution >= 0.6 is 0 Å². The Labute approximate surface area is 150 Å². The molecule has 4 nitrogen and oxygen atoms in total. The zero-order valence-electron chi connectivity index (χ0n) is 15.2. The van der Waals surface area contributed by atoms with Crippen molar-refractivity contribution < 1.29 is 5.11 Å². The van der Waals surface area contributed by atoms with E-state index in [0.717, 1.165) is 38.2 Å². The average Bonchev–Trinajstić information content (AvgIpc) is 2.81. The molecule has 1 aliphatic carbocycles. The summed E-state index contributed by atoms with van der Waals surface area (Å²) in [6.45, 7) is 5.08.